The lowest BCUT2D eigenvalue weighted by molar-refractivity contribution is 0.973. The van der Waals surface area contributed by atoms with Crippen LogP contribution in [0.2, 0.25) is 0 Å². The third-order valence-electron chi connectivity index (χ3n) is 2.60. The fourth-order valence-electron chi connectivity index (χ4n) is 1.69. The van der Waals surface area contributed by atoms with Crippen molar-refractivity contribution in [1.82, 2.24) is 15.0 Å². The SMILES string of the molecule is CSc1nccc(-c2csc(-c3ccccc3)n2)n1. The summed E-state index contributed by atoms with van der Waals surface area (Å²) in [6.07, 6.45) is 3.74. The molecule has 0 aliphatic heterocycles. The largest absolute Gasteiger partial charge is 0.234 e. The maximum Gasteiger partial charge on any atom is 0.187 e. The maximum absolute atomic E-state index is 4.65. The Hall–Kier alpha value is -1.72. The Kier molecular flexibility index (Phi) is 3.57. The first-order chi connectivity index (χ1) is 9.36. The van der Waals surface area contributed by atoms with E-state index >= 15 is 0 Å². The molecule has 5 heteroatoms. The molecular formula is C14H11N3S2. The molecule has 2 heterocycles. The molecule has 0 bridgehead atoms. The molecule has 0 unspecified atom stereocenters. The van der Waals surface area contributed by atoms with E-state index in [1.54, 1.807) is 17.5 Å². The number of hydrogen-bond donors (Lipinski definition) is 0. The molecule has 0 amide bonds. The van der Waals surface area contributed by atoms with Gasteiger partial charge in [0.1, 0.15) is 10.7 Å². The number of aromatic nitrogens is 3. The van der Waals surface area contributed by atoms with Gasteiger partial charge in [-0.25, -0.2) is 15.0 Å². The summed E-state index contributed by atoms with van der Waals surface area (Å²) in [6, 6.07) is 12.1. The van der Waals surface area contributed by atoms with Gasteiger partial charge in [-0.2, -0.15) is 0 Å². The molecule has 0 aliphatic carbocycles. The number of rotatable bonds is 3. The Morgan fingerprint density at radius 3 is 2.63 bits per heavy atom. The van der Waals surface area contributed by atoms with E-state index in [2.05, 4.69) is 27.1 Å². The number of nitrogens with zero attached hydrogens (tertiary/aromatic N) is 3. The zero-order valence-electron chi connectivity index (χ0n) is 10.3. The molecule has 94 valence electrons. The van der Waals surface area contributed by atoms with Crippen LogP contribution in [0, 0.1) is 0 Å². The van der Waals surface area contributed by atoms with Crippen molar-refractivity contribution in [3.05, 3.63) is 48.0 Å². The molecule has 1 aromatic carbocycles. The second kappa shape index (κ2) is 5.50. The van der Waals surface area contributed by atoms with E-state index in [1.807, 2.05) is 35.9 Å². The van der Waals surface area contributed by atoms with E-state index < -0.39 is 0 Å². The van der Waals surface area contributed by atoms with E-state index in [1.165, 1.54) is 11.8 Å². The van der Waals surface area contributed by atoms with E-state index in [0.717, 1.165) is 27.1 Å². The smallest absolute Gasteiger partial charge is 0.187 e. The van der Waals surface area contributed by atoms with Crippen molar-refractivity contribution >= 4 is 23.1 Å². The minimum atomic E-state index is 0.770. The second-order valence-electron chi connectivity index (χ2n) is 3.83. The van der Waals surface area contributed by atoms with E-state index in [0.29, 0.717) is 0 Å². The van der Waals surface area contributed by atoms with Gasteiger partial charge in [0.2, 0.25) is 0 Å². The average Bonchev–Trinajstić information content (AvgIpc) is 2.98. The quantitative estimate of drug-likeness (QED) is 0.539. The van der Waals surface area contributed by atoms with Gasteiger partial charge in [-0.1, -0.05) is 42.1 Å². The second-order valence-corrected chi connectivity index (χ2v) is 5.46. The van der Waals surface area contributed by atoms with Crippen LogP contribution in [0.1, 0.15) is 0 Å². The van der Waals surface area contributed by atoms with Crippen LogP contribution >= 0.6 is 23.1 Å². The predicted molar refractivity (Wildman–Crippen MR) is 80.4 cm³/mol. The molecule has 0 saturated heterocycles. The van der Waals surface area contributed by atoms with Gasteiger partial charge in [0.15, 0.2) is 5.16 Å². The van der Waals surface area contributed by atoms with Gasteiger partial charge in [-0.3, -0.25) is 0 Å². The summed E-state index contributed by atoms with van der Waals surface area (Å²) in [5, 5.41) is 3.82. The standard InChI is InChI=1S/C14H11N3S2/c1-18-14-15-8-7-11(17-14)12-9-19-13(16-12)10-5-3-2-4-6-10/h2-9H,1H3. The van der Waals surface area contributed by atoms with Crippen molar-refractivity contribution in [3.8, 4) is 22.0 Å². The Bertz CT molecular complexity index is 680. The van der Waals surface area contributed by atoms with Crippen LogP contribution in [0.4, 0.5) is 0 Å². The average molecular weight is 285 g/mol. The summed E-state index contributed by atoms with van der Waals surface area (Å²) in [5.74, 6) is 0. The molecule has 0 spiro atoms. The molecule has 0 radical (unpaired) electrons. The third kappa shape index (κ3) is 2.67. The molecule has 2 aromatic heterocycles. The van der Waals surface area contributed by atoms with Crippen molar-refractivity contribution in [2.75, 3.05) is 6.26 Å². The number of thiazole rings is 1. The highest BCUT2D eigenvalue weighted by molar-refractivity contribution is 7.98. The number of benzene rings is 1. The summed E-state index contributed by atoms with van der Waals surface area (Å²) in [4.78, 5) is 13.3. The highest BCUT2D eigenvalue weighted by Gasteiger charge is 2.08. The molecule has 0 atom stereocenters. The number of thioether (sulfide) groups is 1. The van der Waals surface area contributed by atoms with Crippen LogP contribution in [0.3, 0.4) is 0 Å². The first-order valence-corrected chi connectivity index (χ1v) is 7.85. The molecule has 3 rings (SSSR count). The fourth-order valence-corrected chi connectivity index (χ4v) is 2.86. The minimum absolute atomic E-state index is 0.770. The molecule has 0 saturated carbocycles. The summed E-state index contributed by atoms with van der Waals surface area (Å²) in [5.41, 5.74) is 2.91. The zero-order chi connectivity index (χ0) is 13.1. The Balaban J connectivity index is 1.97. The van der Waals surface area contributed by atoms with Gasteiger partial charge in [0.25, 0.3) is 0 Å². The lowest BCUT2D eigenvalue weighted by atomic mass is 10.2. The molecule has 3 aromatic rings. The van der Waals surface area contributed by atoms with Gasteiger partial charge < -0.3 is 0 Å². The Labute approximate surface area is 119 Å². The number of hydrogen-bond acceptors (Lipinski definition) is 5. The van der Waals surface area contributed by atoms with Crippen LogP contribution in [0.5, 0.6) is 0 Å². The van der Waals surface area contributed by atoms with Gasteiger partial charge >= 0.3 is 0 Å². The lowest BCUT2D eigenvalue weighted by Crippen LogP contribution is -1.89. The van der Waals surface area contributed by atoms with Gasteiger partial charge in [-0.15, -0.1) is 11.3 Å². The van der Waals surface area contributed by atoms with Gasteiger partial charge in [0, 0.05) is 17.1 Å². The normalized spacial score (nSPS) is 10.6. The van der Waals surface area contributed by atoms with Gasteiger partial charge in [-0.05, 0) is 12.3 Å². The third-order valence-corrected chi connectivity index (χ3v) is 4.06. The van der Waals surface area contributed by atoms with Crippen molar-refractivity contribution in [2.24, 2.45) is 0 Å². The molecule has 0 N–H and O–H groups in total. The minimum Gasteiger partial charge on any atom is -0.234 e. The molecule has 0 aliphatic rings. The monoisotopic (exact) mass is 285 g/mol. The van der Waals surface area contributed by atoms with Gasteiger partial charge in [0.05, 0.1) is 5.69 Å². The summed E-state index contributed by atoms with van der Waals surface area (Å²) >= 11 is 3.17. The van der Waals surface area contributed by atoms with E-state index in [-0.39, 0.29) is 0 Å². The highest BCUT2D eigenvalue weighted by atomic mass is 32.2. The van der Waals surface area contributed by atoms with Crippen molar-refractivity contribution in [3.63, 3.8) is 0 Å². The summed E-state index contributed by atoms with van der Waals surface area (Å²) in [7, 11) is 0. The van der Waals surface area contributed by atoms with Crippen LogP contribution in [-0.4, -0.2) is 21.2 Å². The maximum atomic E-state index is 4.65. The predicted octanol–water partition coefficient (Wildman–Crippen LogP) is 3.99. The topological polar surface area (TPSA) is 38.7 Å². The lowest BCUT2D eigenvalue weighted by Gasteiger charge is -1.98. The van der Waals surface area contributed by atoms with E-state index in [4.69, 9.17) is 0 Å². The molecule has 19 heavy (non-hydrogen) atoms. The Morgan fingerprint density at radius 2 is 1.84 bits per heavy atom. The summed E-state index contributed by atoms with van der Waals surface area (Å²) in [6.45, 7) is 0. The first kappa shape index (κ1) is 12.3. The highest BCUT2D eigenvalue weighted by Crippen LogP contribution is 2.28. The van der Waals surface area contributed by atoms with Crippen LogP contribution in [-0.2, 0) is 0 Å². The first-order valence-electron chi connectivity index (χ1n) is 5.75. The fraction of sp³-hybridized carbons (Fsp3) is 0.0714. The molecular weight excluding hydrogens is 274 g/mol. The van der Waals surface area contributed by atoms with Crippen LogP contribution in [0.25, 0.3) is 22.0 Å². The van der Waals surface area contributed by atoms with Crippen LogP contribution in [0.15, 0.2) is 53.1 Å². The van der Waals surface area contributed by atoms with Crippen molar-refractivity contribution < 1.29 is 0 Å². The molecule has 0 fully saturated rings. The van der Waals surface area contributed by atoms with E-state index in [9.17, 15) is 0 Å². The zero-order valence-corrected chi connectivity index (χ0v) is 11.9. The van der Waals surface area contributed by atoms with Crippen molar-refractivity contribution in [2.45, 2.75) is 5.16 Å². The molecule has 3 nitrogen and oxygen atoms in total. The van der Waals surface area contributed by atoms with Crippen LogP contribution < -0.4 is 0 Å². The summed E-state index contributed by atoms with van der Waals surface area (Å²) < 4.78 is 0. The Morgan fingerprint density at radius 1 is 1.00 bits per heavy atom. The van der Waals surface area contributed by atoms with Crippen molar-refractivity contribution in [1.29, 1.82) is 0 Å².